The van der Waals surface area contributed by atoms with Crippen molar-refractivity contribution in [1.82, 2.24) is 0 Å². The highest BCUT2D eigenvalue weighted by molar-refractivity contribution is 9.10. The largest absolute Gasteiger partial charge is 0.488 e. The van der Waals surface area contributed by atoms with Crippen LogP contribution in [0.3, 0.4) is 0 Å². The molecule has 0 aliphatic rings. The Balaban J connectivity index is 1.60. The molecular formula is C21H18BrCl2NO. The number of ether oxygens (including phenoxy) is 1. The molecule has 0 atom stereocenters. The molecule has 0 saturated heterocycles. The van der Waals surface area contributed by atoms with Gasteiger partial charge in [-0.05, 0) is 64.8 Å². The van der Waals surface area contributed by atoms with E-state index in [1.165, 1.54) is 5.56 Å². The van der Waals surface area contributed by atoms with Gasteiger partial charge in [0.2, 0.25) is 0 Å². The van der Waals surface area contributed by atoms with E-state index in [0.717, 1.165) is 33.6 Å². The summed E-state index contributed by atoms with van der Waals surface area (Å²) in [6, 6.07) is 19.8. The number of hydrogen-bond acceptors (Lipinski definition) is 2. The highest BCUT2D eigenvalue weighted by atomic mass is 79.9. The average molecular weight is 451 g/mol. The number of halogens is 3. The Hall–Kier alpha value is -1.68. The second kappa shape index (κ2) is 8.81. The predicted molar refractivity (Wildman–Crippen MR) is 113 cm³/mol. The Morgan fingerprint density at radius 1 is 0.962 bits per heavy atom. The van der Waals surface area contributed by atoms with Gasteiger partial charge in [-0.25, -0.2) is 0 Å². The van der Waals surface area contributed by atoms with Gasteiger partial charge in [0.15, 0.2) is 0 Å². The van der Waals surface area contributed by atoms with Crippen molar-refractivity contribution in [2.24, 2.45) is 0 Å². The fourth-order valence-electron chi connectivity index (χ4n) is 2.44. The number of hydrogen-bond donors (Lipinski definition) is 1. The van der Waals surface area contributed by atoms with E-state index in [2.05, 4.69) is 58.5 Å². The van der Waals surface area contributed by atoms with Crippen LogP contribution in [0.1, 0.15) is 16.7 Å². The van der Waals surface area contributed by atoms with Crippen LogP contribution in [0, 0.1) is 6.92 Å². The molecule has 0 unspecified atom stereocenters. The van der Waals surface area contributed by atoms with E-state index in [-0.39, 0.29) is 0 Å². The number of nitrogens with one attached hydrogen (secondary N) is 1. The van der Waals surface area contributed by atoms with Crippen LogP contribution >= 0.6 is 39.1 Å². The van der Waals surface area contributed by atoms with Gasteiger partial charge in [0.1, 0.15) is 12.4 Å². The molecule has 0 heterocycles. The maximum Gasteiger partial charge on any atom is 0.134 e. The zero-order valence-electron chi connectivity index (χ0n) is 14.2. The SMILES string of the molecule is Cc1ccc(NCc2ccc(OCc3ccc(Cl)cc3Cl)c(Br)c2)cc1. The van der Waals surface area contributed by atoms with Crippen LogP contribution < -0.4 is 10.1 Å². The summed E-state index contributed by atoms with van der Waals surface area (Å²) in [6.07, 6.45) is 0. The molecule has 0 aromatic heterocycles. The average Bonchev–Trinajstić information content (AvgIpc) is 2.62. The van der Waals surface area contributed by atoms with E-state index in [9.17, 15) is 0 Å². The summed E-state index contributed by atoms with van der Waals surface area (Å²) in [7, 11) is 0. The van der Waals surface area contributed by atoms with Gasteiger partial charge in [0.25, 0.3) is 0 Å². The first-order valence-corrected chi connectivity index (χ1v) is 9.72. The van der Waals surface area contributed by atoms with Crippen molar-refractivity contribution < 1.29 is 4.74 Å². The molecule has 26 heavy (non-hydrogen) atoms. The van der Waals surface area contributed by atoms with E-state index in [1.54, 1.807) is 12.1 Å². The molecule has 0 saturated carbocycles. The lowest BCUT2D eigenvalue weighted by Crippen LogP contribution is -2.01. The zero-order valence-corrected chi connectivity index (χ0v) is 17.3. The van der Waals surface area contributed by atoms with E-state index in [4.69, 9.17) is 27.9 Å². The van der Waals surface area contributed by atoms with Crippen molar-refractivity contribution in [1.29, 1.82) is 0 Å². The molecule has 134 valence electrons. The normalized spacial score (nSPS) is 10.6. The third-order valence-electron chi connectivity index (χ3n) is 3.94. The topological polar surface area (TPSA) is 21.3 Å². The summed E-state index contributed by atoms with van der Waals surface area (Å²) >= 11 is 15.7. The molecule has 1 N–H and O–H groups in total. The van der Waals surface area contributed by atoms with E-state index >= 15 is 0 Å². The number of aryl methyl sites for hydroxylation is 1. The summed E-state index contributed by atoms with van der Waals surface area (Å²) in [5.74, 6) is 0.773. The molecule has 5 heteroatoms. The molecule has 3 aromatic rings. The van der Waals surface area contributed by atoms with Crippen molar-refractivity contribution in [3.05, 3.63) is 91.9 Å². The lowest BCUT2D eigenvalue weighted by molar-refractivity contribution is 0.304. The Kier molecular flexibility index (Phi) is 6.47. The van der Waals surface area contributed by atoms with Crippen LogP contribution in [0.25, 0.3) is 0 Å². The molecule has 2 nitrogen and oxygen atoms in total. The minimum absolute atomic E-state index is 0.384. The van der Waals surface area contributed by atoms with Crippen LogP contribution in [0.4, 0.5) is 5.69 Å². The molecule has 0 amide bonds. The lowest BCUT2D eigenvalue weighted by atomic mass is 10.2. The summed E-state index contributed by atoms with van der Waals surface area (Å²) in [5.41, 5.74) is 4.41. The summed E-state index contributed by atoms with van der Waals surface area (Å²) in [4.78, 5) is 0. The molecule has 0 spiro atoms. The minimum Gasteiger partial charge on any atom is -0.488 e. The van der Waals surface area contributed by atoms with Gasteiger partial charge < -0.3 is 10.1 Å². The number of benzene rings is 3. The maximum atomic E-state index is 6.19. The molecule has 3 aromatic carbocycles. The van der Waals surface area contributed by atoms with Crippen LogP contribution in [0.5, 0.6) is 5.75 Å². The van der Waals surface area contributed by atoms with Gasteiger partial charge in [-0.2, -0.15) is 0 Å². The minimum atomic E-state index is 0.384. The third kappa shape index (κ3) is 5.16. The summed E-state index contributed by atoms with van der Waals surface area (Å²) < 4.78 is 6.79. The van der Waals surface area contributed by atoms with Gasteiger partial charge >= 0.3 is 0 Å². The predicted octanol–water partition coefficient (Wildman–Crippen LogP) is 7.26. The molecule has 0 aliphatic carbocycles. The molecule has 0 radical (unpaired) electrons. The Morgan fingerprint density at radius 3 is 2.42 bits per heavy atom. The summed E-state index contributed by atoms with van der Waals surface area (Å²) in [6.45, 7) is 3.21. The van der Waals surface area contributed by atoms with Gasteiger partial charge in [-0.3, -0.25) is 0 Å². The first-order chi connectivity index (χ1) is 12.5. The van der Waals surface area contributed by atoms with Gasteiger partial charge in [0.05, 0.1) is 4.47 Å². The fraction of sp³-hybridized carbons (Fsp3) is 0.143. The fourth-order valence-corrected chi connectivity index (χ4v) is 3.44. The monoisotopic (exact) mass is 449 g/mol. The maximum absolute atomic E-state index is 6.19. The van der Waals surface area contributed by atoms with E-state index in [1.807, 2.05) is 18.2 Å². The standard InChI is InChI=1S/C21H18BrCl2NO/c1-14-2-7-18(8-3-14)25-12-15-4-9-21(19(22)10-15)26-13-16-5-6-17(23)11-20(16)24/h2-11,25H,12-13H2,1H3. The quantitative estimate of drug-likeness (QED) is 0.426. The van der Waals surface area contributed by atoms with Gasteiger partial charge in [0, 0.05) is 27.8 Å². The lowest BCUT2D eigenvalue weighted by Gasteiger charge is -2.12. The van der Waals surface area contributed by atoms with Crippen molar-refractivity contribution in [3.8, 4) is 5.75 Å². The van der Waals surface area contributed by atoms with Crippen LogP contribution in [0.2, 0.25) is 10.0 Å². The number of rotatable bonds is 6. The molecule has 0 aliphatic heterocycles. The van der Waals surface area contributed by atoms with Crippen LogP contribution in [-0.4, -0.2) is 0 Å². The molecule has 3 rings (SSSR count). The van der Waals surface area contributed by atoms with E-state index in [0.29, 0.717) is 16.7 Å². The van der Waals surface area contributed by atoms with Gasteiger partial charge in [-0.1, -0.05) is 53.0 Å². The van der Waals surface area contributed by atoms with E-state index < -0.39 is 0 Å². The van der Waals surface area contributed by atoms with Crippen molar-refractivity contribution >= 4 is 44.8 Å². The van der Waals surface area contributed by atoms with Crippen molar-refractivity contribution in [2.45, 2.75) is 20.1 Å². The van der Waals surface area contributed by atoms with Crippen molar-refractivity contribution in [2.75, 3.05) is 5.32 Å². The first kappa shape index (κ1) is 19.1. The third-order valence-corrected chi connectivity index (χ3v) is 5.15. The Labute approximate surface area is 172 Å². The van der Waals surface area contributed by atoms with Crippen LogP contribution in [-0.2, 0) is 13.2 Å². The first-order valence-electron chi connectivity index (χ1n) is 8.17. The Morgan fingerprint density at radius 2 is 1.73 bits per heavy atom. The van der Waals surface area contributed by atoms with Gasteiger partial charge in [-0.15, -0.1) is 0 Å². The molecule has 0 fully saturated rings. The number of anilines is 1. The second-order valence-electron chi connectivity index (χ2n) is 6.01. The smallest absolute Gasteiger partial charge is 0.134 e. The highest BCUT2D eigenvalue weighted by Crippen LogP contribution is 2.29. The Bertz CT molecular complexity index is 897. The van der Waals surface area contributed by atoms with Crippen molar-refractivity contribution in [3.63, 3.8) is 0 Å². The highest BCUT2D eigenvalue weighted by Gasteiger charge is 2.06. The van der Waals surface area contributed by atoms with Crippen LogP contribution in [0.15, 0.2) is 65.1 Å². The summed E-state index contributed by atoms with van der Waals surface area (Å²) in [5, 5.41) is 4.63. The second-order valence-corrected chi connectivity index (χ2v) is 7.71. The zero-order chi connectivity index (χ0) is 18.5. The molecular weight excluding hydrogens is 433 g/mol. The molecule has 0 bridgehead atoms.